The van der Waals surface area contributed by atoms with Crippen molar-refractivity contribution in [2.75, 3.05) is 27.3 Å². The molecule has 2 amide bonds. The van der Waals surface area contributed by atoms with Crippen molar-refractivity contribution >= 4 is 11.8 Å². The van der Waals surface area contributed by atoms with E-state index < -0.39 is 0 Å². The fourth-order valence-electron chi connectivity index (χ4n) is 3.87. The Hall–Kier alpha value is -2.28. The van der Waals surface area contributed by atoms with Crippen LogP contribution in [0.2, 0.25) is 0 Å². The molecule has 2 fully saturated rings. The van der Waals surface area contributed by atoms with Gasteiger partial charge in [-0.15, -0.1) is 0 Å². The number of hydrogen-bond donors (Lipinski definition) is 2. The van der Waals surface area contributed by atoms with Gasteiger partial charge >= 0.3 is 0 Å². The number of benzene rings is 1. The van der Waals surface area contributed by atoms with E-state index in [1.54, 1.807) is 32.4 Å². The number of piperidine rings is 1. The average Bonchev–Trinajstić information content (AvgIpc) is 2.95. The second kappa shape index (κ2) is 7.76. The maximum atomic E-state index is 12.9. The number of likely N-dealkylation sites (tertiary alicyclic amines) is 1. The molecule has 1 aromatic rings. The van der Waals surface area contributed by atoms with Gasteiger partial charge in [-0.2, -0.15) is 0 Å². The predicted molar refractivity (Wildman–Crippen MR) is 102 cm³/mol. The Morgan fingerprint density at radius 3 is 2.30 bits per heavy atom. The first-order chi connectivity index (χ1) is 12.9. The maximum absolute atomic E-state index is 12.9. The van der Waals surface area contributed by atoms with Crippen LogP contribution in [0, 0.1) is 5.92 Å². The highest BCUT2D eigenvalue weighted by Crippen LogP contribution is 2.28. The summed E-state index contributed by atoms with van der Waals surface area (Å²) in [6.45, 7) is 5.40. The van der Waals surface area contributed by atoms with Gasteiger partial charge in [-0.25, -0.2) is 0 Å². The highest BCUT2D eigenvalue weighted by molar-refractivity contribution is 5.95. The summed E-state index contributed by atoms with van der Waals surface area (Å²) >= 11 is 0. The highest BCUT2D eigenvalue weighted by Gasteiger charge is 2.45. The van der Waals surface area contributed by atoms with Crippen LogP contribution in [0.4, 0.5) is 0 Å². The molecule has 2 heterocycles. The third-order valence-corrected chi connectivity index (χ3v) is 5.34. The standard InChI is InChI=1S/C20H29N3O4/c1-13(2)9-17-18(24)22-20(21-17)5-7-23(8-6-20)19(25)14-10-15(26-3)12-16(11-14)27-4/h10-13,17,21H,5-9H2,1-4H3,(H,22,24). The summed E-state index contributed by atoms with van der Waals surface area (Å²) in [7, 11) is 3.13. The molecule has 1 spiro atoms. The lowest BCUT2D eigenvalue weighted by Gasteiger charge is -2.39. The summed E-state index contributed by atoms with van der Waals surface area (Å²) in [6.07, 6.45) is 2.21. The molecule has 7 nitrogen and oxygen atoms in total. The van der Waals surface area contributed by atoms with E-state index in [4.69, 9.17) is 9.47 Å². The smallest absolute Gasteiger partial charge is 0.254 e. The number of nitrogens with one attached hydrogen (secondary N) is 2. The molecule has 7 heteroatoms. The Morgan fingerprint density at radius 2 is 1.78 bits per heavy atom. The summed E-state index contributed by atoms with van der Waals surface area (Å²) in [6, 6.07) is 5.05. The Balaban J connectivity index is 1.66. The molecule has 0 aromatic heterocycles. The molecule has 1 atom stereocenters. The number of carbonyl (C=O) groups excluding carboxylic acids is 2. The zero-order chi connectivity index (χ0) is 19.6. The Bertz CT molecular complexity index is 689. The summed E-state index contributed by atoms with van der Waals surface area (Å²) < 4.78 is 10.5. The van der Waals surface area contributed by atoms with E-state index in [1.165, 1.54) is 0 Å². The minimum Gasteiger partial charge on any atom is -0.497 e. The van der Waals surface area contributed by atoms with E-state index >= 15 is 0 Å². The third kappa shape index (κ3) is 4.18. The highest BCUT2D eigenvalue weighted by atomic mass is 16.5. The van der Waals surface area contributed by atoms with Gasteiger partial charge in [0.25, 0.3) is 5.91 Å². The molecule has 0 aliphatic carbocycles. The van der Waals surface area contributed by atoms with Crippen LogP contribution >= 0.6 is 0 Å². The second-order valence-electron chi connectivity index (χ2n) is 7.79. The molecule has 148 valence electrons. The van der Waals surface area contributed by atoms with Gasteiger partial charge in [-0.1, -0.05) is 13.8 Å². The number of nitrogens with zero attached hydrogens (tertiary/aromatic N) is 1. The van der Waals surface area contributed by atoms with Gasteiger partial charge in [-0.05, 0) is 24.5 Å². The Kier molecular flexibility index (Phi) is 5.60. The largest absolute Gasteiger partial charge is 0.497 e. The number of rotatable bonds is 5. The molecule has 2 aliphatic rings. The van der Waals surface area contributed by atoms with Crippen molar-refractivity contribution in [3.8, 4) is 11.5 Å². The van der Waals surface area contributed by atoms with Crippen molar-refractivity contribution in [2.45, 2.75) is 44.8 Å². The van der Waals surface area contributed by atoms with Gasteiger partial charge in [0.05, 0.1) is 25.9 Å². The van der Waals surface area contributed by atoms with E-state index in [9.17, 15) is 9.59 Å². The van der Waals surface area contributed by atoms with Crippen molar-refractivity contribution in [1.29, 1.82) is 0 Å². The van der Waals surface area contributed by atoms with Crippen molar-refractivity contribution < 1.29 is 19.1 Å². The minimum atomic E-state index is -0.389. The fraction of sp³-hybridized carbons (Fsp3) is 0.600. The molecular weight excluding hydrogens is 346 g/mol. The zero-order valence-corrected chi connectivity index (χ0v) is 16.5. The van der Waals surface area contributed by atoms with E-state index in [1.807, 2.05) is 4.90 Å². The first-order valence-electron chi connectivity index (χ1n) is 9.48. The molecule has 0 radical (unpaired) electrons. The lowest BCUT2D eigenvalue weighted by molar-refractivity contribution is -0.121. The topological polar surface area (TPSA) is 79.9 Å². The lowest BCUT2D eigenvalue weighted by Crippen LogP contribution is -2.58. The van der Waals surface area contributed by atoms with Crippen LogP contribution in [0.5, 0.6) is 11.5 Å². The van der Waals surface area contributed by atoms with Gasteiger partial charge in [-0.3, -0.25) is 14.9 Å². The molecule has 27 heavy (non-hydrogen) atoms. The lowest BCUT2D eigenvalue weighted by atomic mass is 9.96. The normalized spacial score (nSPS) is 21.4. The summed E-state index contributed by atoms with van der Waals surface area (Å²) in [5.74, 6) is 1.65. The molecule has 2 saturated heterocycles. The van der Waals surface area contributed by atoms with Crippen molar-refractivity contribution in [1.82, 2.24) is 15.5 Å². The third-order valence-electron chi connectivity index (χ3n) is 5.34. The molecule has 2 N–H and O–H groups in total. The van der Waals surface area contributed by atoms with Crippen molar-refractivity contribution in [3.63, 3.8) is 0 Å². The average molecular weight is 375 g/mol. The fourth-order valence-corrected chi connectivity index (χ4v) is 3.87. The predicted octanol–water partition coefficient (Wildman–Crippen LogP) is 1.77. The van der Waals surface area contributed by atoms with Gasteiger partial charge in [0, 0.05) is 37.6 Å². The summed E-state index contributed by atoms with van der Waals surface area (Å²) in [5, 5.41) is 6.62. The van der Waals surface area contributed by atoms with E-state index in [2.05, 4.69) is 24.5 Å². The van der Waals surface area contributed by atoms with E-state index in [0.29, 0.717) is 48.9 Å². The van der Waals surface area contributed by atoms with Crippen LogP contribution in [0.3, 0.4) is 0 Å². The minimum absolute atomic E-state index is 0.0508. The van der Waals surface area contributed by atoms with Gasteiger partial charge in [0.1, 0.15) is 11.5 Å². The number of ether oxygens (including phenoxy) is 2. The van der Waals surface area contributed by atoms with E-state index in [0.717, 1.165) is 6.42 Å². The summed E-state index contributed by atoms with van der Waals surface area (Å²) in [5.41, 5.74) is 0.155. The van der Waals surface area contributed by atoms with Crippen LogP contribution in [0.15, 0.2) is 18.2 Å². The molecule has 0 saturated carbocycles. The number of carbonyl (C=O) groups is 2. The number of amides is 2. The van der Waals surface area contributed by atoms with E-state index in [-0.39, 0.29) is 23.5 Å². The van der Waals surface area contributed by atoms with Crippen LogP contribution in [0.25, 0.3) is 0 Å². The monoisotopic (exact) mass is 375 g/mol. The first kappa shape index (κ1) is 19.5. The maximum Gasteiger partial charge on any atom is 0.254 e. The second-order valence-corrected chi connectivity index (χ2v) is 7.79. The first-order valence-corrected chi connectivity index (χ1v) is 9.48. The zero-order valence-electron chi connectivity index (χ0n) is 16.5. The molecular formula is C20H29N3O4. The molecule has 2 aliphatic heterocycles. The van der Waals surface area contributed by atoms with Gasteiger partial charge < -0.3 is 19.7 Å². The van der Waals surface area contributed by atoms with Gasteiger partial charge in [0.2, 0.25) is 5.91 Å². The van der Waals surface area contributed by atoms with Crippen LogP contribution in [-0.4, -0.2) is 55.7 Å². The molecule has 1 aromatic carbocycles. The SMILES string of the molecule is COc1cc(OC)cc(C(=O)N2CCC3(CC2)NC(=O)C(CC(C)C)N3)c1. The number of hydrogen-bond acceptors (Lipinski definition) is 5. The van der Waals surface area contributed by atoms with Crippen LogP contribution < -0.4 is 20.1 Å². The molecule has 1 unspecified atom stereocenters. The van der Waals surface area contributed by atoms with Crippen molar-refractivity contribution in [3.05, 3.63) is 23.8 Å². The quantitative estimate of drug-likeness (QED) is 0.820. The van der Waals surface area contributed by atoms with Crippen molar-refractivity contribution in [2.24, 2.45) is 5.92 Å². The number of methoxy groups -OCH3 is 2. The molecule has 0 bridgehead atoms. The molecule has 3 rings (SSSR count). The van der Waals surface area contributed by atoms with Crippen LogP contribution in [-0.2, 0) is 4.79 Å². The van der Waals surface area contributed by atoms with Crippen LogP contribution in [0.1, 0.15) is 43.5 Å². The Morgan fingerprint density at radius 1 is 1.19 bits per heavy atom. The van der Waals surface area contributed by atoms with Gasteiger partial charge in [0.15, 0.2) is 0 Å². The summed E-state index contributed by atoms with van der Waals surface area (Å²) in [4.78, 5) is 27.0. The Labute approximate surface area is 160 Å².